The second-order valence-corrected chi connectivity index (χ2v) is 7.69. The molecule has 1 aromatic carbocycles. The van der Waals surface area contributed by atoms with Gasteiger partial charge in [-0.15, -0.1) is 0 Å². The van der Waals surface area contributed by atoms with Gasteiger partial charge in [-0.3, -0.25) is 0 Å². The number of nitrogens with zero attached hydrogens (tertiary/aromatic N) is 2. The molecule has 0 fully saturated rings. The Hall–Kier alpha value is -2.62. The number of pyridine rings is 1. The Labute approximate surface area is 155 Å². The second-order valence-electron chi connectivity index (χ2n) is 7.69. The van der Waals surface area contributed by atoms with Gasteiger partial charge in [0.25, 0.3) is 0 Å². The molecule has 136 valence electrons. The smallest absolute Gasteiger partial charge is 0.124 e. The van der Waals surface area contributed by atoms with Crippen molar-refractivity contribution in [2.45, 2.75) is 46.5 Å². The lowest BCUT2D eigenvalue weighted by molar-refractivity contribution is 0.346. The number of hydrogen-bond donors (Lipinski definition) is 2. The van der Waals surface area contributed by atoms with E-state index in [1.165, 1.54) is 11.3 Å². The summed E-state index contributed by atoms with van der Waals surface area (Å²) in [6, 6.07) is 14.2. The number of anilines is 1. The summed E-state index contributed by atoms with van der Waals surface area (Å²) in [5, 5.41) is 0. The first-order valence-electron chi connectivity index (χ1n) is 9.30. The predicted octanol–water partition coefficient (Wildman–Crippen LogP) is 4.82. The predicted molar refractivity (Wildman–Crippen MR) is 108 cm³/mol. The van der Waals surface area contributed by atoms with Gasteiger partial charge in [-0.05, 0) is 36.0 Å². The molecule has 2 heterocycles. The minimum absolute atomic E-state index is 0.314. The van der Waals surface area contributed by atoms with Crippen LogP contribution in [0.25, 0.3) is 11.3 Å². The van der Waals surface area contributed by atoms with Gasteiger partial charge in [0.15, 0.2) is 0 Å². The van der Waals surface area contributed by atoms with Crippen molar-refractivity contribution in [1.82, 2.24) is 15.0 Å². The number of nitrogens with one attached hydrogen (secondary N) is 1. The molecule has 3 aromatic rings. The Morgan fingerprint density at radius 1 is 1.04 bits per heavy atom. The summed E-state index contributed by atoms with van der Waals surface area (Å²) in [6.07, 6.45) is 6.08. The van der Waals surface area contributed by atoms with Crippen LogP contribution in [0.15, 0.2) is 48.7 Å². The van der Waals surface area contributed by atoms with Gasteiger partial charge in [0.1, 0.15) is 11.6 Å². The maximum absolute atomic E-state index is 5.77. The monoisotopic (exact) mass is 348 g/mol. The van der Waals surface area contributed by atoms with E-state index in [4.69, 9.17) is 5.73 Å². The van der Waals surface area contributed by atoms with Gasteiger partial charge in [0.2, 0.25) is 0 Å². The Kier molecular flexibility index (Phi) is 5.40. The van der Waals surface area contributed by atoms with Crippen molar-refractivity contribution in [2.24, 2.45) is 5.41 Å². The molecule has 4 heteroatoms. The van der Waals surface area contributed by atoms with Gasteiger partial charge in [-0.25, -0.2) is 9.97 Å². The highest BCUT2D eigenvalue weighted by Crippen LogP contribution is 2.24. The molecule has 0 unspecified atom stereocenters. The number of imidazole rings is 1. The van der Waals surface area contributed by atoms with E-state index in [0.717, 1.165) is 42.8 Å². The maximum atomic E-state index is 5.77. The normalized spacial score (nSPS) is 11.7. The van der Waals surface area contributed by atoms with Gasteiger partial charge < -0.3 is 10.7 Å². The summed E-state index contributed by atoms with van der Waals surface area (Å²) in [6.45, 7) is 6.83. The lowest BCUT2D eigenvalue weighted by Gasteiger charge is -2.21. The van der Waals surface area contributed by atoms with Crippen molar-refractivity contribution in [2.75, 3.05) is 5.73 Å². The molecule has 0 radical (unpaired) electrons. The zero-order chi connectivity index (χ0) is 18.6. The lowest BCUT2D eigenvalue weighted by Crippen LogP contribution is -2.13. The second kappa shape index (κ2) is 7.73. The topological polar surface area (TPSA) is 67.6 Å². The molecule has 0 aliphatic rings. The maximum Gasteiger partial charge on any atom is 0.124 e. The van der Waals surface area contributed by atoms with Crippen LogP contribution in [0, 0.1) is 5.41 Å². The number of rotatable bonds is 7. The van der Waals surface area contributed by atoms with E-state index in [-0.39, 0.29) is 0 Å². The molecule has 0 saturated carbocycles. The van der Waals surface area contributed by atoms with E-state index in [9.17, 15) is 0 Å². The Morgan fingerprint density at radius 2 is 1.81 bits per heavy atom. The first-order chi connectivity index (χ1) is 12.4. The summed E-state index contributed by atoms with van der Waals surface area (Å²) < 4.78 is 0. The fourth-order valence-electron chi connectivity index (χ4n) is 2.98. The number of aromatic amines is 1. The number of aryl methyl sites for hydroxylation is 2. The number of aromatic nitrogens is 3. The summed E-state index contributed by atoms with van der Waals surface area (Å²) in [4.78, 5) is 12.4. The fourth-order valence-corrected chi connectivity index (χ4v) is 2.98. The van der Waals surface area contributed by atoms with Gasteiger partial charge in [-0.1, -0.05) is 57.5 Å². The van der Waals surface area contributed by atoms with Gasteiger partial charge >= 0.3 is 0 Å². The molecule has 0 spiro atoms. The lowest BCUT2D eigenvalue weighted by atomic mass is 9.85. The SMILES string of the molecule is CCC(C)(C)Cc1cnc(CCc2ccc(-c3cccc(N)n3)cc2)[nH]1. The Balaban J connectivity index is 1.59. The molecule has 0 aliphatic carbocycles. The third-order valence-corrected chi connectivity index (χ3v) is 4.98. The minimum Gasteiger partial charge on any atom is -0.384 e. The highest BCUT2D eigenvalue weighted by molar-refractivity contribution is 5.61. The largest absolute Gasteiger partial charge is 0.384 e. The van der Waals surface area contributed by atoms with Crippen molar-refractivity contribution in [3.8, 4) is 11.3 Å². The molecular weight excluding hydrogens is 320 g/mol. The van der Waals surface area contributed by atoms with E-state index in [2.05, 4.69) is 60.0 Å². The summed E-state index contributed by atoms with van der Waals surface area (Å²) in [5.41, 5.74) is 10.6. The van der Waals surface area contributed by atoms with Gasteiger partial charge in [-0.2, -0.15) is 0 Å². The Bertz CT molecular complexity index is 847. The number of H-pyrrole nitrogens is 1. The number of hydrogen-bond acceptors (Lipinski definition) is 3. The first-order valence-corrected chi connectivity index (χ1v) is 9.30. The number of nitrogens with two attached hydrogens (primary N) is 1. The molecule has 4 nitrogen and oxygen atoms in total. The molecule has 0 bridgehead atoms. The van der Waals surface area contributed by atoms with Gasteiger partial charge in [0.05, 0.1) is 5.69 Å². The molecule has 0 saturated heterocycles. The zero-order valence-electron chi connectivity index (χ0n) is 15.9. The summed E-state index contributed by atoms with van der Waals surface area (Å²) in [5.74, 6) is 1.61. The average molecular weight is 348 g/mol. The molecule has 3 N–H and O–H groups in total. The van der Waals surface area contributed by atoms with E-state index >= 15 is 0 Å². The molecule has 0 amide bonds. The highest BCUT2D eigenvalue weighted by atomic mass is 14.9. The zero-order valence-corrected chi connectivity index (χ0v) is 15.9. The van der Waals surface area contributed by atoms with Crippen LogP contribution >= 0.6 is 0 Å². The number of nitrogen functional groups attached to an aromatic ring is 1. The van der Waals surface area contributed by atoms with Crippen molar-refractivity contribution >= 4 is 5.82 Å². The van der Waals surface area contributed by atoms with E-state index in [1.807, 2.05) is 18.3 Å². The van der Waals surface area contributed by atoms with Crippen LogP contribution in [0.4, 0.5) is 5.82 Å². The minimum atomic E-state index is 0.314. The van der Waals surface area contributed by atoms with E-state index < -0.39 is 0 Å². The molecule has 2 aromatic heterocycles. The summed E-state index contributed by atoms with van der Waals surface area (Å²) in [7, 11) is 0. The van der Waals surface area contributed by atoms with Crippen molar-refractivity contribution in [1.29, 1.82) is 0 Å². The van der Waals surface area contributed by atoms with Crippen LogP contribution in [0.1, 0.15) is 44.3 Å². The molecule has 26 heavy (non-hydrogen) atoms. The Morgan fingerprint density at radius 3 is 2.50 bits per heavy atom. The fraction of sp³-hybridized carbons (Fsp3) is 0.364. The van der Waals surface area contributed by atoms with Crippen molar-refractivity contribution in [3.63, 3.8) is 0 Å². The van der Waals surface area contributed by atoms with E-state index in [0.29, 0.717) is 11.2 Å². The van der Waals surface area contributed by atoms with Crippen LogP contribution in [0.5, 0.6) is 0 Å². The average Bonchev–Trinajstić information content (AvgIpc) is 3.07. The third-order valence-electron chi connectivity index (χ3n) is 4.98. The summed E-state index contributed by atoms with van der Waals surface area (Å²) >= 11 is 0. The molecular formula is C22H28N4. The quantitative estimate of drug-likeness (QED) is 0.643. The van der Waals surface area contributed by atoms with Crippen LogP contribution in [-0.4, -0.2) is 15.0 Å². The van der Waals surface area contributed by atoms with Crippen LogP contribution in [0.3, 0.4) is 0 Å². The van der Waals surface area contributed by atoms with Crippen LogP contribution in [-0.2, 0) is 19.3 Å². The van der Waals surface area contributed by atoms with Gasteiger partial charge in [0, 0.05) is 23.9 Å². The molecule has 0 atom stereocenters. The van der Waals surface area contributed by atoms with E-state index in [1.54, 1.807) is 6.07 Å². The van der Waals surface area contributed by atoms with Crippen LogP contribution < -0.4 is 5.73 Å². The highest BCUT2D eigenvalue weighted by Gasteiger charge is 2.17. The number of benzene rings is 1. The first kappa shape index (κ1) is 18.2. The third kappa shape index (κ3) is 4.72. The molecule has 3 rings (SSSR count). The van der Waals surface area contributed by atoms with Crippen molar-refractivity contribution < 1.29 is 0 Å². The van der Waals surface area contributed by atoms with Crippen LogP contribution in [0.2, 0.25) is 0 Å². The van der Waals surface area contributed by atoms with Crippen molar-refractivity contribution in [3.05, 3.63) is 65.7 Å². The molecule has 0 aliphatic heterocycles. The standard InChI is InChI=1S/C22H28N4/c1-4-22(2,3)14-18-15-24-21(25-18)13-10-16-8-11-17(12-9-16)19-6-5-7-20(23)26-19/h5-9,11-12,15H,4,10,13-14H2,1-3H3,(H2,23,26)(H,24,25).